The van der Waals surface area contributed by atoms with Crippen LogP contribution in [0.3, 0.4) is 0 Å². The van der Waals surface area contributed by atoms with Crippen molar-refractivity contribution in [3.05, 3.63) is 60.2 Å². The highest BCUT2D eigenvalue weighted by atomic mass is 14.4. The molecule has 0 spiro atoms. The van der Waals surface area contributed by atoms with Crippen LogP contribution in [-0.2, 0) is 5.41 Å². The van der Waals surface area contributed by atoms with Crippen molar-refractivity contribution in [3.63, 3.8) is 0 Å². The predicted molar refractivity (Wildman–Crippen MR) is 80.0 cm³/mol. The molecule has 0 radical (unpaired) electrons. The summed E-state index contributed by atoms with van der Waals surface area (Å²) < 4.78 is 0. The molecular formula is C18H12N2. The molecule has 0 aliphatic carbocycles. The molecule has 20 heavy (non-hydrogen) atoms. The van der Waals surface area contributed by atoms with Gasteiger partial charge in [-0.05, 0) is 34.5 Å². The molecule has 3 aromatic carbocycles. The Hall–Kier alpha value is -2.84. The van der Waals surface area contributed by atoms with E-state index in [1.54, 1.807) is 6.92 Å². The smallest absolute Gasteiger partial charge is 0.167 e. The lowest BCUT2D eigenvalue weighted by atomic mass is 9.79. The van der Waals surface area contributed by atoms with Crippen LogP contribution in [0.25, 0.3) is 21.5 Å². The van der Waals surface area contributed by atoms with Gasteiger partial charge in [0.05, 0.1) is 12.1 Å². The molecule has 3 aromatic rings. The van der Waals surface area contributed by atoms with Crippen LogP contribution in [-0.4, -0.2) is 0 Å². The predicted octanol–water partition coefficient (Wildman–Crippen LogP) is 4.30. The molecule has 0 heterocycles. The number of fused-ring (bicyclic) bond motifs is 2. The highest BCUT2D eigenvalue weighted by Crippen LogP contribution is 2.36. The van der Waals surface area contributed by atoms with Gasteiger partial charge in [-0.25, -0.2) is 0 Å². The molecule has 0 fully saturated rings. The number of benzene rings is 3. The maximum atomic E-state index is 9.49. The molecule has 0 aliphatic rings. The van der Waals surface area contributed by atoms with E-state index >= 15 is 0 Å². The summed E-state index contributed by atoms with van der Waals surface area (Å²) in [5.41, 5.74) is -0.350. The first-order valence-corrected chi connectivity index (χ1v) is 6.43. The Kier molecular flexibility index (Phi) is 2.67. The fourth-order valence-electron chi connectivity index (χ4n) is 2.69. The van der Waals surface area contributed by atoms with Gasteiger partial charge in [0.25, 0.3) is 0 Å². The molecule has 0 N–H and O–H groups in total. The third-order valence-electron chi connectivity index (χ3n) is 3.72. The van der Waals surface area contributed by atoms with Crippen molar-refractivity contribution in [3.8, 4) is 12.1 Å². The quantitative estimate of drug-likeness (QED) is 0.609. The zero-order valence-corrected chi connectivity index (χ0v) is 11.1. The lowest BCUT2D eigenvalue weighted by Crippen LogP contribution is -2.17. The first kappa shape index (κ1) is 12.2. The molecular weight excluding hydrogens is 244 g/mol. The largest absolute Gasteiger partial charge is 0.196 e. The maximum absolute atomic E-state index is 9.49. The summed E-state index contributed by atoms with van der Waals surface area (Å²) in [4.78, 5) is 0. The molecule has 0 saturated heterocycles. The Bertz CT molecular complexity index is 827. The Morgan fingerprint density at radius 3 is 1.70 bits per heavy atom. The van der Waals surface area contributed by atoms with Crippen LogP contribution in [0.15, 0.2) is 54.6 Å². The molecule has 0 bridgehead atoms. The average molecular weight is 256 g/mol. The van der Waals surface area contributed by atoms with Crippen molar-refractivity contribution < 1.29 is 0 Å². The Morgan fingerprint density at radius 2 is 1.25 bits per heavy atom. The number of nitriles is 2. The summed E-state index contributed by atoms with van der Waals surface area (Å²) in [5.74, 6) is 0. The van der Waals surface area contributed by atoms with Crippen molar-refractivity contribution >= 4 is 21.5 Å². The summed E-state index contributed by atoms with van der Waals surface area (Å²) in [7, 11) is 0. The van der Waals surface area contributed by atoms with E-state index in [1.165, 1.54) is 0 Å². The van der Waals surface area contributed by atoms with Crippen LogP contribution < -0.4 is 0 Å². The minimum Gasteiger partial charge on any atom is -0.196 e. The van der Waals surface area contributed by atoms with Crippen LogP contribution in [0.4, 0.5) is 0 Å². The number of rotatable bonds is 1. The van der Waals surface area contributed by atoms with Gasteiger partial charge in [0.2, 0.25) is 0 Å². The summed E-state index contributed by atoms with van der Waals surface area (Å²) in [5, 5.41) is 23.0. The van der Waals surface area contributed by atoms with Gasteiger partial charge in [0, 0.05) is 5.56 Å². The second-order valence-corrected chi connectivity index (χ2v) is 5.04. The van der Waals surface area contributed by atoms with Gasteiger partial charge in [-0.3, -0.25) is 0 Å². The molecule has 0 atom stereocenters. The maximum Gasteiger partial charge on any atom is 0.167 e. The van der Waals surface area contributed by atoms with Crippen molar-refractivity contribution in [2.45, 2.75) is 12.3 Å². The summed E-state index contributed by atoms with van der Waals surface area (Å²) in [6.45, 7) is 1.68. The fraction of sp³-hybridized carbons (Fsp3) is 0.111. The minimum absolute atomic E-state index is 0.802. The van der Waals surface area contributed by atoms with E-state index in [4.69, 9.17) is 0 Å². The molecule has 0 saturated carbocycles. The third kappa shape index (κ3) is 1.63. The second kappa shape index (κ2) is 4.37. The number of nitrogens with zero attached hydrogens (tertiary/aromatic N) is 2. The standard InChI is InChI=1S/C18H12N2/c1-18(11-19,12-20)17-15-8-4-2-6-13(15)10-14-7-3-5-9-16(14)17/h2-10H,1H3. The molecule has 2 heteroatoms. The molecule has 94 valence electrons. The van der Waals surface area contributed by atoms with Gasteiger partial charge in [-0.15, -0.1) is 0 Å². The van der Waals surface area contributed by atoms with E-state index in [2.05, 4.69) is 18.2 Å². The summed E-state index contributed by atoms with van der Waals surface area (Å²) >= 11 is 0. The van der Waals surface area contributed by atoms with E-state index < -0.39 is 5.41 Å². The van der Waals surface area contributed by atoms with E-state index in [-0.39, 0.29) is 0 Å². The highest BCUT2D eigenvalue weighted by molar-refractivity contribution is 6.03. The lowest BCUT2D eigenvalue weighted by Gasteiger charge is -2.19. The van der Waals surface area contributed by atoms with E-state index in [1.807, 2.05) is 48.5 Å². The molecule has 0 amide bonds. The Balaban J connectivity index is 2.60. The van der Waals surface area contributed by atoms with Crippen molar-refractivity contribution in [1.29, 1.82) is 10.5 Å². The Morgan fingerprint density at radius 1 is 0.800 bits per heavy atom. The topological polar surface area (TPSA) is 47.6 Å². The highest BCUT2D eigenvalue weighted by Gasteiger charge is 2.30. The van der Waals surface area contributed by atoms with Gasteiger partial charge < -0.3 is 0 Å². The zero-order valence-electron chi connectivity index (χ0n) is 11.1. The molecule has 3 rings (SSSR count). The first-order valence-electron chi connectivity index (χ1n) is 6.43. The van der Waals surface area contributed by atoms with Crippen LogP contribution in [0, 0.1) is 22.7 Å². The van der Waals surface area contributed by atoms with Crippen LogP contribution in [0.2, 0.25) is 0 Å². The van der Waals surface area contributed by atoms with Crippen molar-refractivity contribution in [2.75, 3.05) is 0 Å². The molecule has 0 aliphatic heterocycles. The van der Waals surface area contributed by atoms with Crippen LogP contribution in [0.5, 0.6) is 0 Å². The normalized spacial score (nSPS) is 11.2. The summed E-state index contributed by atoms with van der Waals surface area (Å²) in [6.07, 6.45) is 0. The number of hydrogen-bond acceptors (Lipinski definition) is 2. The number of hydrogen-bond donors (Lipinski definition) is 0. The molecule has 0 aromatic heterocycles. The third-order valence-corrected chi connectivity index (χ3v) is 3.72. The molecule has 2 nitrogen and oxygen atoms in total. The van der Waals surface area contributed by atoms with Gasteiger partial charge >= 0.3 is 0 Å². The van der Waals surface area contributed by atoms with Gasteiger partial charge in [-0.2, -0.15) is 10.5 Å². The molecule has 0 unspecified atom stereocenters. The average Bonchev–Trinajstić information content (AvgIpc) is 2.51. The lowest BCUT2D eigenvalue weighted by molar-refractivity contribution is 0.808. The first-order chi connectivity index (χ1) is 9.69. The monoisotopic (exact) mass is 256 g/mol. The van der Waals surface area contributed by atoms with Gasteiger partial charge in [0.15, 0.2) is 5.41 Å². The van der Waals surface area contributed by atoms with Crippen molar-refractivity contribution in [2.24, 2.45) is 0 Å². The SMILES string of the molecule is CC(C#N)(C#N)c1c2ccccc2cc2ccccc12. The van der Waals surface area contributed by atoms with E-state index in [0.29, 0.717) is 0 Å². The van der Waals surface area contributed by atoms with Crippen LogP contribution >= 0.6 is 0 Å². The second-order valence-electron chi connectivity index (χ2n) is 5.04. The summed E-state index contributed by atoms with van der Waals surface area (Å²) in [6, 6.07) is 22.2. The Labute approximate surface area is 117 Å². The zero-order chi connectivity index (χ0) is 14.2. The van der Waals surface area contributed by atoms with Gasteiger partial charge in [-0.1, -0.05) is 48.5 Å². The van der Waals surface area contributed by atoms with E-state index in [9.17, 15) is 10.5 Å². The fourth-order valence-corrected chi connectivity index (χ4v) is 2.69. The van der Waals surface area contributed by atoms with Crippen molar-refractivity contribution in [1.82, 2.24) is 0 Å². The van der Waals surface area contributed by atoms with Crippen LogP contribution in [0.1, 0.15) is 12.5 Å². The van der Waals surface area contributed by atoms with Gasteiger partial charge in [0.1, 0.15) is 0 Å². The minimum atomic E-state index is -1.15. The van der Waals surface area contributed by atoms with E-state index in [0.717, 1.165) is 27.1 Å².